The molecule has 1 saturated carbocycles. The van der Waals surface area contributed by atoms with Crippen molar-refractivity contribution in [2.75, 3.05) is 0 Å². The second-order valence-electron chi connectivity index (χ2n) is 3.17. The van der Waals surface area contributed by atoms with Gasteiger partial charge in [0.05, 0.1) is 3.23 Å². The maximum atomic E-state index is 3.68. The number of allylic oxidation sites excluding steroid dienone is 2. The average molecular weight is 266 g/mol. The molecule has 10 heavy (non-hydrogen) atoms. The molecule has 2 aliphatic rings. The Kier molecular flexibility index (Phi) is 1.72. The zero-order chi connectivity index (χ0) is 7.19. The molecule has 2 rings (SSSR count). The van der Waals surface area contributed by atoms with Gasteiger partial charge in [-0.2, -0.15) is 0 Å². The topological polar surface area (TPSA) is 0 Å². The van der Waals surface area contributed by atoms with E-state index in [2.05, 4.69) is 44.0 Å². The Bertz CT molecular complexity index is 172. The zero-order valence-corrected chi connectivity index (χ0v) is 8.86. The van der Waals surface area contributed by atoms with E-state index in [9.17, 15) is 0 Å². The standard InChI is InChI=1S/C8H10Br2/c9-8(10)6-4-2-1-3-5-7(6)8/h2,4,6-7H,1,3,5H2. The highest BCUT2D eigenvalue weighted by molar-refractivity contribution is 9.25. The number of alkyl halides is 2. The smallest absolute Gasteiger partial charge is 0.0882 e. The van der Waals surface area contributed by atoms with E-state index in [1.165, 1.54) is 19.3 Å². The first-order valence-corrected chi connectivity index (χ1v) is 5.36. The minimum atomic E-state index is 0.275. The summed E-state index contributed by atoms with van der Waals surface area (Å²) in [4.78, 5) is 0. The summed E-state index contributed by atoms with van der Waals surface area (Å²) in [6.45, 7) is 0. The first-order valence-electron chi connectivity index (χ1n) is 3.77. The summed E-state index contributed by atoms with van der Waals surface area (Å²) >= 11 is 7.36. The van der Waals surface area contributed by atoms with Gasteiger partial charge in [0.15, 0.2) is 0 Å². The van der Waals surface area contributed by atoms with Crippen molar-refractivity contribution in [3.8, 4) is 0 Å². The molecule has 0 N–H and O–H groups in total. The lowest BCUT2D eigenvalue weighted by molar-refractivity contribution is 0.667. The fraction of sp³-hybridized carbons (Fsp3) is 0.750. The molecule has 0 heterocycles. The molecule has 0 aliphatic heterocycles. The maximum absolute atomic E-state index is 3.68. The molecule has 0 bridgehead atoms. The van der Waals surface area contributed by atoms with E-state index < -0.39 is 0 Å². The summed E-state index contributed by atoms with van der Waals surface area (Å²) in [5.74, 6) is 1.61. The lowest BCUT2D eigenvalue weighted by Crippen LogP contribution is -1.89. The molecule has 0 amide bonds. The Balaban J connectivity index is 2.13. The number of hydrogen-bond donors (Lipinski definition) is 0. The second-order valence-corrected chi connectivity index (χ2v) is 6.85. The Morgan fingerprint density at radius 3 is 3.00 bits per heavy atom. The molecular weight excluding hydrogens is 256 g/mol. The minimum absolute atomic E-state index is 0.275. The van der Waals surface area contributed by atoms with Crippen LogP contribution in [0.5, 0.6) is 0 Å². The highest BCUT2D eigenvalue weighted by Crippen LogP contribution is 2.65. The largest absolute Gasteiger partial charge is 0.0905 e. The Morgan fingerprint density at radius 2 is 2.20 bits per heavy atom. The molecule has 0 nitrogen and oxygen atoms in total. The highest BCUT2D eigenvalue weighted by atomic mass is 79.9. The molecular formula is C8H10Br2. The first-order chi connectivity index (χ1) is 4.73. The van der Waals surface area contributed by atoms with Gasteiger partial charge in [-0.25, -0.2) is 0 Å². The van der Waals surface area contributed by atoms with Crippen LogP contribution >= 0.6 is 31.9 Å². The number of halogens is 2. The van der Waals surface area contributed by atoms with Crippen molar-refractivity contribution < 1.29 is 0 Å². The molecule has 1 fully saturated rings. The van der Waals surface area contributed by atoms with Crippen LogP contribution in [0.1, 0.15) is 19.3 Å². The zero-order valence-electron chi connectivity index (χ0n) is 5.69. The van der Waals surface area contributed by atoms with E-state index in [-0.39, 0.29) is 3.23 Å². The van der Waals surface area contributed by atoms with Crippen LogP contribution in [0.2, 0.25) is 0 Å². The summed E-state index contributed by atoms with van der Waals surface area (Å²) in [7, 11) is 0. The molecule has 2 atom stereocenters. The van der Waals surface area contributed by atoms with Gasteiger partial charge in [-0.3, -0.25) is 0 Å². The number of hydrogen-bond acceptors (Lipinski definition) is 0. The molecule has 0 aromatic carbocycles. The lowest BCUT2D eigenvalue weighted by atomic mass is 10.2. The SMILES string of the molecule is BrC1(Br)C2C=CCCCC21. The van der Waals surface area contributed by atoms with E-state index >= 15 is 0 Å². The fourth-order valence-electron chi connectivity index (χ4n) is 1.75. The fourth-order valence-corrected chi connectivity index (χ4v) is 3.46. The van der Waals surface area contributed by atoms with Gasteiger partial charge in [0.25, 0.3) is 0 Å². The lowest BCUT2D eigenvalue weighted by Gasteiger charge is -1.97. The van der Waals surface area contributed by atoms with Crippen LogP contribution in [0.3, 0.4) is 0 Å². The van der Waals surface area contributed by atoms with Gasteiger partial charge in [-0.1, -0.05) is 44.0 Å². The van der Waals surface area contributed by atoms with E-state index in [1.807, 2.05) is 0 Å². The van der Waals surface area contributed by atoms with E-state index in [4.69, 9.17) is 0 Å². The Morgan fingerprint density at radius 1 is 1.40 bits per heavy atom. The highest BCUT2D eigenvalue weighted by Gasteiger charge is 2.59. The van der Waals surface area contributed by atoms with Gasteiger partial charge in [0.2, 0.25) is 0 Å². The first kappa shape index (κ1) is 7.35. The van der Waals surface area contributed by atoms with E-state index in [1.54, 1.807) is 0 Å². The minimum Gasteiger partial charge on any atom is -0.0882 e. The van der Waals surface area contributed by atoms with Crippen molar-refractivity contribution >= 4 is 31.9 Å². The number of fused-ring (bicyclic) bond motifs is 1. The third-order valence-corrected chi connectivity index (χ3v) is 4.73. The average Bonchev–Trinajstić information content (AvgIpc) is 2.47. The molecule has 2 unspecified atom stereocenters. The van der Waals surface area contributed by atoms with Crippen LogP contribution in [0.25, 0.3) is 0 Å². The van der Waals surface area contributed by atoms with Gasteiger partial charge in [0, 0.05) is 5.92 Å². The van der Waals surface area contributed by atoms with Crippen molar-refractivity contribution in [1.29, 1.82) is 0 Å². The van der Waals surface area contributed by atoms with Crippen molar-refractivity contribution in [3.05, 3.63) is 12.2 Å². The Hall–Kier alpha value is 0.700. The van der Waals surface area contributed by atoms with Gasteiger partial charge < -0.3 is 0 Å². The van der Waals surface area contributed by atoms with Crippen LogP contribution < -0.4 is 0 Å². The van der Waals surface area contributed by atoms with Gasteiger partial charge in [0.1, 0.15) is 0 Å². The van der Waals surface area contributed by atoms with Crippen LogP contribution in [-0.4, -0.2) is 3.23 Å². The predicted molar refractivity (Wildman–Crippen MR) is 50.6 cm³/mol. The summed E-state index contributed by atoms with van der Waals surface area (Å²) in [5, 5.41) is 0. The van der Waals surface area contributed by atoms with Crippen LogP contribution in [-0.2, 0) is 0 Å². The third kappa shape index (κ3) is 1.00. The third-order valence-electron chi connectivity index (χ3n) is 2.49. The van der Waals surface area contributed by atoms with Crippen molar-refractivity contribution in [2.45, 2.75) is 22.5 Å². The molecule has 0 spiro atoms. The molecule has 0 radical (unpaired) electrons. The van der Waals surface area contributed by atoms with Crippen LogP contribution in [0.4, 0.5) is 0 Å². The molecule has 0 aromatic heterocycles. The Labute approximate surface area is 78.3 Å². The molecule has 2 heteroatoms. The molecule has 2 aliphatic carbocycles. The molecule has 0 saturated heterocycles. The van der Waals surface area contributed by atoms with Crippen molar-refractivity contribution in [2.24, 2.45) is 11.8 Å². The summed E-state index contributed by atoms with van der Waals surface area (Å²) < 4.78 is 0.275. The maximum Gasteiger partial charge on any atom is 0.0905 e. The van der Waals surface area contributed by atoms with Crippen molar-refractivity contribution in [1.82, 2.24) is 0 Å². The quantitative estimate of drug-likeness (QED) is 0.465. The second kappa shape index (κ2) is 2.34. The van der Waals surface area contributed by atoms with Gasteiger partial charge in [-0.15, -0.1) is 0 Å². The summed E-state index contributed by atoms with van der Waals surface area (Å²) in [6, 6.07) is 0. The van der Waals surface area contributed by atoms with E-state index in [0.717, 1.165) is 11.8 Å². The summed E-state index contributed by atoms with van der Waals surface area (Å²) in [5.41, 5.74) is 0. The van der Waals surface area contributed by atoms with Gasteiger partial charge in [-0.05, 0) is 25.2 Å². The predicted octanol–water partition coefficient (Wildman–Crippen LogP) is 3.46. The van der Waals surface area contributed by atoms with Gasteiger partial charge >= 0.3 is 0 Å². The normalized spacial score (nSPS) is 42.2. The monoisotopic (exact) mass is 264 g/mol. The van der Waals surface area contributed by atoms with Crippen LogP contribution in [0.15, 0.2) is 12.2 Å². The van der Waals surface area contributed by atoms with E-state index in [0.29, 0.717) is 0 Å². The number of rotatable bonds is 0. The van der Waals surface area contributed by atoms with Crippen molar-refractivity contribution in [3.63, 3.8) is 0 Å². The summed E-state index contributed by atoms with van der Waals surface area (Å²) in [6.07, 6.45) is 8.67. The molecule has 0 aromatic rings. The molecule has 56 valence electrons. The van der Waals surface area contributed by atoms with Crippen LogP contribution in [0, 0.1) is 11.8 Å².